The van der Waals surface area contributed by atoms with E-state index in [4.69, 9.17) is 0 Å². The molecule has 1 aliphatic carbocycles. The second kappa shape index (κ2) is 10.9. The minimum atomic E-state index is -5.31. The molecule has 2 aliphatic rings. The number of phenolic OH excluding ortho intramolecular Hbond substituents is 2. The second-order valence-electron chi connectivity index (χ2n) is 8.47. The lowest BCUT2D eigenvalue weighted by Crippen LogP contribution is -2.48. The molecular weight excluding hydrogens is 489 g/mol. The van der Waals surface area contributed by atoms with Crippen molar-refractivity contribution in [3.8, 4) is 11.5 Å². The Kier molecular flexibility index (Phi) is 8.42. The monoisotopic (exact) mass is 518 g/mol. The Hall–Kier alpha value is -2.67. The largest absolute Gasteiger partial charge is 0.506 e. The zero-order chi connectivity index (χ0) is 25.9. The maximum Gasteiger partial charge on any atom is 0.423 e. The molecule has 13 heteroatoms. The number of hydrogen-bond donors (Lipinski definition) is 2. The Bertz CT molecular complexity index is 1130. The van der Waals surface area contributed by atoms with Crippen LogP contribution < -0.4 is 10.5 Å². The van der Waals surface area contributed by atoms with Gasteiger partial charge in [-0.05, 0) is 18.8 Å². The number of nitro benzene ring substituents is 1. The number of piperazine rings is 1. The van der Waals surface area contributed by atoms with Crippen molar-refractivity contribution in [2.24, 2.45) is 5.92 Å². The lowest BCUT2D eigenvalue weighted by atomic mass is 9.89. The van der Waals surface area contributed by atoms with Crippen molar-refractivity contribution < 1.29 is 28.3 Å². The number of benzene rings is 1. The highest BCUT2D eigenvalue weighted by molar-refractivity contribution is 7.22. The third-order valence-corrected chi connectivity index (χ3v) is 7.46. The van der Waals surface area contributed by atoms with Gasteiger partial charge in [0.1, 0.15) is 21.4 Å². The Morgan fingerprint density at radius 1 is 1.09 bits per heavy atom. The molecule has 2 fully saturated rings. The minimum Gasteiger partial charge on any atom is -0.506 e. The molecule has 35 heavy (non-hydrogen) atoms. The normalized spacial score (nSPS) is 17.8. The van der Waals surface area contributed by atoms with Crippen LogP contribution in [0.1, 0.15) is 51.5 Å². The van der Waals surface area contributed by atoms with E-state index in [1.807, 2.05) is 13.8 Å². The van der Waals surface area contributed by atoms with E-state index in [-0.39, 0.29) is 5.13 Å². The van der Waals surface area contributed by atoms with Crippen LogP contribution in [0.3, 0.4) is 0 Å². The van der Waals surface area contributed by atoms with Gasteiger partial charge < -0.3 is 15.1 Å². The molecule has 1 saturated heterocycles. The van der Waals surface area contributed by atoms with E-state index >= 15 is 0 Å². The molecule has 194 valence electrons. The standard InChI is InChI=1S/C20H23F3N4O5S.C2H6/c21-20(22,23)13-15(28)12-17(14(16(13)29)27(31)32)33-19(24-18(12)30)26-8-6-25(7-9-26)10-11-4-2-1-3-5-11;1-2/h11,28-29H,1-10H2;1-2H3. The fourth-order valence-corrected chi connectivity index (χ4v) is 5.85. The highest BCUT2D eigenvalue weighted by Gasteiger charge is 2.43. The van der Waals surface area contributed by atoms with Gasteiger partial charge in [-0.3, -0.25) is 19.8 Å². The summed E-state index contributed by atoms with van der Waals surface area (Å²) in [6.07, 6.45) is 0.883. The quantitative estimate of drug-likeness (QED) is 0.441. The number of phenols is 2. The predicted octanol–water partition coefficient (Wildman–Crippen LogP) is 4.72. The van der Waals surface area contributed by atoms with Gasteiger partial charge in [-0.15, -0.1) is 0 Å². The SMILES string of the molecule is CC.O=c1nc(N2CCN(CC3CCCCC3)CC2)sc2c([N+](=O)[O-])c(O)c(C(F)(F)F)c(O)c12. The van der Waals surface area contributed by atoms with Gasteiger partial charge in [-0.25, -0.2) is 0 Å². The van der Waals surface area contributed by atoms with E-state index < -0.39 is 49.5 Å². The van der Waals surface area contributed by atoms with Gasteiger partial charge in [0, 0.05) is 32.7 Å². The first kappa shape index (κ1) is 26.9. The van der Waals surface area contributed by atoms with Gasteiger partial charge in [0.2, 0.25) is 5.75 Å². The Morgan fingerprint density at radius 2 is 1.69 bits per heavy atom. The third-order valence-electron chi connectivity index (χ3n) is 6.33. The first-order chi connectivity index (χ1) is 16.6. The average molecular weight is 519 g/mol. The van der Waals surface area contributed by atoms with Gasteiger partial charge in [0.05, 0.1) is 4.92 Å². The molecule has 2 N–H and O–H groups in total. The molecule has 0 bridgehead atoms. The summed E-state index contributed by atoms with van der Waals surface area (Å²) in [4.78, 5) is 30.8. The third kappa shape index (κ3) is 5.61. The summed E-state index contributed by atoms with van der Waals surface area (Å²) in [6.45, 7) is 7.37. The van der Waals surface area contributed by atoms with E-state index in [1.54, 1.807) is 4.90 Å². The summed E-state index contributed by atoms with van der Waals surface area (Å²) in [7, 11) is 0. The van der Waals surface area contributed by atoms with E-state index in [2.05, 4.69) is 9.88 Å². The molecule has 0 radical (unpaired) electrons. The summed E-state index contributed by atoms with van der Waals surface area (Å²) >= 11 is 0.614. The molecule has 2 aromatic rings. The molecular formula is C22H29F3N4O5S. The number of alkyl halides is 3. The predicted molar refractivity (Wildman–Crippen MR) is 127 cm³/mol. The lowest BCUT2D eigenvalue weighted by Gasteiger charge is -2.37. The van der Waals surface area contributed by atoms with E-state index in [0.717, 1.165) is 6.54 Å². The van der Waals surface area contributed by atoms with Crippen LogP contribution in [0.15, 0.2) is 4.79 Å². The smallest absolute Gasteiger partial charge is 0.423 e. The van der Waals surface area contributed by atoms with Gasteiger partial charge in [0.15, 0.2) is 5.13 Å². The van der Waals surface area contributed by atoms with Gasteiger partial charge in [-0.1, -0.05) is 44.4 Å². The Balaban J connectivity index is 0.00000167. The molecule has 1 saturated carbocycles. The summed E-state index contributed by atoms with van der Waals surface area (Å²) < 4.78 is 39.4. The van der Waals surface area contributed by atoms with E-state index in [0.29, 0.717) is 43.4 Å². The Morgan fingerprint density at radius 3 is 2.23 bits per heavy atom. The average Bonchev–Trinajstić information content (AvgIpc) is 2.80. The summed E-state index contributed by atoms with van der Waals surface area (Å²) in [5.41, 5.74) is -4.50. The topological polar surface area (TPSA) is 120 Å². The Labute approximate surface area is 204 Å². The number of rotatable bonds is 4. The maximum atomic E-state index is 13.3. The first-order valence-corrected chi connectivity index (χ1v) is 12.5. The van der Waals surface area contributed by atoms with Crippen LogP contribution in [-0.4, -0.2) is 57.7 Å². The summed E-state index contributed by atoms with van der Waals surface area (Å²) in [5.74, 6) is -2.61. The van der Waals surface area contributed by atoms with Crippen molar-refractivity contribution in [2.45, 2.75) is 52.1 Å². The van der Waals surface area contributed by atoms with E-state index in [1.165, 1.54) is 32.1 Å². The number of anilines is 1. The molecule has 0 atom stereocenters. The fraction of sp³-hybridized carbons (Fsp3) is 0.636. The van der Waals surface area contributed by atoms with Crippen LogP contribution >= 0.6 is 11.3 Å². The van der Waals surface area contributed by atoms with Crippen LogP contribution in [0.25, 0.3) is 10.1 Å². The van der Waals surface area contributed by atoms with E-state index in [9.17, 15) is 38.3 Å². The maximum absolute atomic E-state index is 13.3. The van der Waals surface area contributed by atoms with Crippen molar-refractivity contribution in [3.63, 3.8) is 0 Å². The van der Waals surface area contributed by atoms with Crippen molar-refractivity contribution >= 4 is 32.2 Å². The zero-order valence-electron chi connectivity index (χ0n) is 19.6. The van der Waals surface area contributed by atoms with Gasteiger partial charge >= 0.3 is 11.9 Å². The van der Waals surface area contributed by atoms with Crippen LogP contribution in [0.2, 0.25) is 0 Å². The first-order valence-electron chi connectivity index (χ1n) is 11.7. The molecule has 9 nitrogen and oxygen atoms in total. The molecule has 2 heterocycles. The number of nitro groups is 1. The van der Waals surface area contributed by atoms with Crippen LogP contribution in [0.5, 0.6) is 11.5 Å². The molecule has 0 amide bonds. The molecule has 1 aliphatic heterocycles. The number of aromatic hydroxyl groups is 2. The highest BCUT2D eigenvalue weighted by atomic mass is 32.1. The fourth-order valence-electron chi connectivity index (χ4n) is 4.67. The van der Waals surface area contributed by atoms with Crippen LogP contribution in [0, 0.1) is 16.0 Å². The number of aromatic nitrogens is 1. The van der Waals surface area contributed by atoms with Crippen LogP contribution in [0.4, 0.5) is 24.0 Å². The molecule has 1 aromatic carbocycles. The van der Waals surface area contributed by atoms with Crippen LogP contribution in [-0.2, 0) is 6.18 Å². The lowest BCUT2D eigenvalue weighted by molar-refractivity contribution is -0.384. The number of nitrogens with zero attached hydrogens (tertiary/aromatic N) is 4. The van der Waals surface area contributed by atoms with Crippen molar-refractivity contribution in [3.05, 3.63) is 26.0 Å². The van der Waals surface area contributed by atoms with Gasteiger partial charge in [0.25, 0.3) is 5.56 Å². The van der Waals surface area contributed by atoms with Gasteiger partial charge in [-0.2, -0.15) is 18.2 Å². The molecule has 4 rings (SSSR count). The highest BCUT2D eigenvalue weighted by Crippen LogP contribution is 2.51. The number of halogens is 3. The molecule has 1 aromatic heterocycles. The molecule has 0 unspecified atom stereocenters. The van der Waals surface area contributed by atoms with Crippen molar-refractivity contribution in [1.29, 1.82) is 0 Å². The second-order valence-corrected chi connectivity index (χ2v) is 9.45. The minimum absolute atomic E-state index is 0.103. The number of fused-ring (bicyclic) bond motifs is 1. The number of hydrogen-bond acceptors (Lipinski definition) is 9. The molecule has 0 spiro atoms. The zero-order valence-corrected chi connectivity index (χ0v) is 20.4. The van der Waals surface area contributed by atoms with Crippen molar-refractivity contribution in [2.75, 3.05) is 37.6 Å². The van der Waals surface area contributed by atoms with Crippen molar-refractivity contribution in [1.82, 2.24) is 9.88 Å². The summed E-state index contributed by atoms with van der Waals surface area (Å²) in [5, 5.41) is 30.8. The summed E-state index contributed by atoms with van der Waals surface area (Å²) in [6, 6.07) is 0.